The molecule has 0 aliphatic rings. The van der Waals surface area contributed by atoms with Gasteiger partial charge in [0.1, 0.15) is 5.82 Å². The predicted molar refractivity (Wildman–Crippen MR) is 61.7 cm³/mol. The number of nitrogens with zero attached hydrogens (tertiary/aromatic N) is 2. The summed E-state index contributed by atoms with van der Waals surface area (Å²) in [6.07, 6.45) is -4.73. The summed E-state index contributed by atoms with van der Waals surface area (Å²) in [6.45, 7) is 3.27. The summed E-state index contributed by atoms with van der Waals surface area (Å²) in [5.74, 6) is -1.30. The number of alkyl halides is 3. The van der Waals surface area contributed by atoms with Crippen LogP contribution in [0, 0.1) is 5.82 Å². The number of thiazole rings is 1. The molecule has 0 unspecified atom stereocenters. The molecule has 0 radical (unpaired) electrons. The second-order valence-electron chi connectivity index (χ2n) is 3.37. The Kier molecular flexibility index (Phi) is 3.16. The van der Waals surface area contributed by atoms with Crippen molar-refractivity contribution in [1.29, 1.82) is 0 Å². The quantitative estimate of drug-likeness (QED) is 0.592. The number of aromatic nitrogens is 1. The molecular formula is C11H6F4N2S. The van der Waals surface area contributed by atoms with E-state index in [-0.39, 0.29) is 5.56 Å². The van der Waals surface area contributed by atoms with Crippen molar-refractivity contribution < 1.29 is 17.6 Å². The van der Waals surface area contributed by atoms with E-state index < -0.39 is 17.6 Å². The SMILES string of the molecule is C=Nc1nc(-c2ccc(F)c(C(F)(F)F)c2)cs1. The summed E-state index contributed by atoms with van der Waals surface area (Å²) in [7, 11) is 0. The predicted octanol–water partition coefficient (Wildman–Crippen LogP) is 4.30. The van der Waals surface area contributed by atoms with Gasteiger partial charge in [-0.25, -0.2) is 14.4 Å². The molecule has 94 valence electrons. The monoisotopic (exact) mass is 274 g/mol. The molecule has 0 bridgehead atoms. The Hall–Kier alpha value is -1.76. The van der Waals surface area contributed by atoms with Gasteiger partial charge >= 0.3 is 6.18 Å². The van der Waals surface area contributed by atoms with Crippen molar-refractivity contribution in [3.05, 3.63) is 35.0 Å². The van der Waals surface area contributed by atoms with E-state index in [4.69, 9.17) is 0 Å². The topological polar surface area (TPSA) is 25.2 Å². The zero-order valence-electron chi connectivity index (χ0n) is 8.83. The van der Waals surface area contributed by atoms with Gasteiger partial charge in [0, 0.05) is 10.9 Å². The third kappa shape index (κ3) is 2.40. The minimum atomic E-state index is -4.73. The van der Waals surface area contributed by atoms with E-state index in [2.05, 4.69) is 16.7 Å². The second kappa shape index (κ2) is 4.49. The summed E-state index contributed by atoms with van der Waals surface area (Å²) < 4.78 is 50.7. The lowest BCUT2D eigenvalue weighted by atomic mass is 10.1. The van der Waals surface area contributed by atoms with E-state index in [9.17, 15) is 17.6 Å². The number of hydrogen-bond acceptors (Lipinski definition) is 3. The first-order valence-electron chi connectivity index (χ1n) is 4.71. The van der Waals surface area contributed by atoms with Crippen LogP contribution in [0.2, 0.25) is 0 Å². The minimum absolute atomic E-state index is 0.190. The van der Waals surface area contributed by atoms with Crippen LogP contribution in [-0.2, 0) is 6.18 Å². The van der Waals surface area contributed by atoms with Crippen molar-refractivity contribution in [3.8, 4) is 11.3 Å². The Balaban J connectivity index is 2.50. The standard InChI is InChI=1S/C11H6F4N2S/c1-16-10-17-9(5-18-10)6-2-3-8(12)7(4-6)11(13,14)15/h2-5H,1H2. The highest BCUT2D eigenvalue weighted by Gasteiger charge is 2.34. The van der Waals surface area contributed by atoms with Crippen molar-refractivity contribution in [2.24, 2.45) is 4.99 Å². The molecule has 2 aromatic rings. The maximum Gasteiger partial charge on any atom is 0.419 e. The number of halogens is 4. The van der Waals surface area contributed by atoms with Crippen LogP contribution in [0.15, 0.2) is 28.6 Å². The van der Waals surface area contributed by atoms with Gasteiger partial charge in [-0.1, -0.05) is 0 Å². The fourth-order valence-corrected chi connectivity index (χ4v) is 2.00. The van der Waals surface area contributed by atoms with Crippen LogP contribution in [0.3, 0.4) is 0 Å². The lowest BCUT2D eigenvalue weighted by Crippen LogP contribution is -2.08. The molecular weight excluding hydrogens is 268 g/mol. The molecule has 0 saturated heterocycles. The molecule has 2 nitrogen and oxygen atoms in total. The fraction of sp³-hybridized carbons (Fsp3) is 0.0909. The zero-order chi connectivity index (χ0) is 13.3. The van der Waals surface area contributed by atoms with E-state index in [1.54, 1.807) is 0 Å². The molecule has 0 saturated carbocycles. The summed E-state index contributed by atoms with van der Waals surface area (Å²) in [6, 6.07) is 2.75. The Labute approximate surface area is 104 Å². The first-order chi connectivity index (χ1) is 8.41. The summed E-state index contributed by atoms with van der Waals surface area (Å²) in [5, 5.41) is 1.89. The van der Waals surface area contributed by atoms with Crippen LogP contribution in [0.5, 0.6) is 0 Å². The lowest BCUT2D eigenvalue weighted by Gasteiger charge is -2.08. The van der Waals surface area contributed by atoms with Gasteiger partial charge in [0.15, 0.2) is 0 Å². The highest BCUT2D eigenvalue weighted by molar-refractivity contribution is 7.13. The van der Waals surface area contributed by atoms with Gasteiger partial charge in [-0.05, 0) is 24.9 Å². The van der Waals surface area contributed by atoms with E-state index in [0.717, 1.165) is 23.5 Å². The number of hydrogen-bond donors (Lipinski definition) is 0. The van der Waals surface area contributed by atoms with E-state index in [1.807, 2.05) is 0 Å². The van der Waals surface area contributed by atoms with Crippen LogP contribution >= 0.6 is 11.3 Å². The Morgan fingerprint density at radius 3 is 2.56 bits per heavy atom. The van der Waals surface area contributed by atoms with Gasteiger partial charge in [-0.15, -0.1) is 11.3 Å². The van der Waals surface area contributed by atoms with Crippen LogP contribution < -0.4 is 0 Å². The molecule has 0 amide bonds. The van der Waals surface area contributed by atoms with Crippen molar-refractivity contribution in [1.82, 2.24) is 4.98 Å². The third-order valence-corrected chi connectivity index (χ3v) is 2.97. The van der Waals surface area contributed by atoms with Crippen molar-refractivity contribution >= 4 is 23.2 Å². The molecule has 7 heteroatoms. The Morgan fingerprint density at radius 2 is 2.00 bits per heavy atom. The van der Waals surface area contributed by atoms with Gasteiger partial charge in [-0.3, -0.25) is 0 Å². The summed E-state index contributed by atoms with van der Waals surface area (Å²) >= 11 is 1.15. The Morgan fingerprint density at radius 1 is 1.28 bits per heavy atom. The molecule has 2 rings (SSSR count). The van der Waals surface area contributed by atoms with Crippen molar-refractivity contribution in [2.45, 2.75) is 6.18 Å². The first kappa shape index (κ1) is 12.7. The molecule has 0 aliphatic carbocycles. The highest BCUT2D eigenvalue weighted by atomic mass is 32.1. The molecule has 0 spiro atoms. The van der Waals surface area contributed by atoms with Crippen LogP contribution in [-0.4, -0.2) is 11.7 Å². The van der Waals surface area contributed by atoms with Crippen molar-refractivity contribution in [2.75, 3.05) is 0 Å². The molecule has 1 aromatic heterocycles. The van der Waals surface area contributed by atoms with Crippen molar-refractivity contribution in [3.63, 3.8) is 0 Å². The van der Waals surface area contributed by atoms with Crippen LogP contribution in [0.25, 0.3) is 11.3 Å². The maximum absolute atomic E-state index is 13.1. The van der Waals surface area contributed by atoms with Crippen LogP contribution in [0.1, 0.15) is 5.56 Å². The summed E-state index contributed by atoms with van der Waals surface area (Å²) in [4.78, 5) is 7.52. The average molecular weight is 274 g/mol. The minimum Gasteiger partial charge on any atom is -0.236 e. The summed E-state index contributed by atoms with van der Waals surface area (Å²) in [5.41, 5.74) is -0.802. The number of rotatable bonds is 2. The Bertz CT molecular complexity index is 589. The zero-order valence-corrected chi connectivity index (χ0v) is 9.65. The molecule has 0 N–H and O–H groups in total. The third-order valence-electron chi connectivity index (χ3n) is 2.19. The van der Waals surface area contributed by atoms with Crippen LogP contribution in [0.4, 0.5) is 22.7 Å². The normalized spacial score (nSPS) is 11.6. The molecule has 0 fully saturated rings. The smallest absolute Gasteiger partial charge is 0.236 e. The highest BCUT2D eigenvalue weighted by Crippen LogP contribution is 2.35. The molecule has 18 heavy (non-hydrogen) atoms. The van der Waals surface area contributed by atoms with Gasteiger partial charge < -0.3 is 0 Å². The molecule has 1 heterocycles. The van der Waals surface area contributed by atoms with Gasteiger partial charge in [0.2, 0.25) is 5.13 Å². The van der Waals surface area contributed by atoms with Gasteiger partial charge in [0.25, 0.3) is 0 Å². The fourth-order valence-electron chi connectivity index (χ4n) is 1.37. The lowest BCUT2D eigenvalue weighted by molar-refractivity contribution is -0.139. The van der Waals surface area contributed by atoms with E-state index >= 15 is 0 Å². The maximum atomic E-state index is 13.1. The molecule has 1 aromatic carbocycles. The second-order valence-corrected chi connectivity index (χ2v) is 4.20. The largest absolute Gasteiger partial charge is 0.419 e. The number of benzene rings is 1. The van der Waals surface area contributed by atoms with E-state index in [0.29, 0.717) is 10.8 Å². The molecule has 0 aliphatic heterocycles. The molecule has 0 atom stereocenters. The first-order valence-corrected chi connectivity index (χ1v) is 5.59. The van der Waals surface area contributed by atoms with Gasteiger partial charge in [0.05, 0.1) is 11.3 Å². The van der Waals surface area contributed by atoms with E-state index in [1.165, 1.54) is 11.4 Å². The number of aliphatic imine (C=N–C) groups is 1. The average Bonchev–Trinajstić information content (AvgIpc) is 2.76. The van der Waals surface area contributed by atoms with Gasteiger partial charge in [-0.2, -0.15) is 13.2 Å².